The molecule has 1 fully saturated rings. The lowest BCUT2D eigenvalue weighted by Gasteiger charge is -2.35. The van der Waals surface area contributed by atoms with Gasteiger partial charge in [-0.05, 0) is 61.8 Å². The Bertz CT molecular complexity index is 414. The number of benzene rings is 1. The Morgan fingerprint density at radius 3 is 2.52 bits per heavy atom. The van der Waals surface area contributed by atoms with Gasteiger partial charge in [-0.3, -0.25) is 0 Å². The molecule has 0 bridgehead atoms. The highest BCUT2D eigenvalue weighted by Gasteiger charge is 2.29. The van der Waals surface area contributed by atoms with Crippen LogP contribution in [0, 0.1) is 5.92 Å². The fourth-order valence-electron chi connectivity index (χ4n) is 3.24. The van der Waals surface area contributed by atoms with Crippen LogP contribution in [0.25, 0.3) is 0 Å². The summed E-state index contributed by atoms with van der Waals surface area (Å²) in [4.78, 5) is 0. The first kappa shape index (κ1) is 16.4. The molecule has 2 rings (SSSR count). The standard InChI is InChI=1S/C19H31NO/c1-5-15(4)16-8-10-17(11-9-16)21-19-13-14(3)7-12-18(19)20-6-2/h8-11,14-15,18-20H,5-7,12-13H2,1-4H3. The highest BCUT2D eigenvalue weighted by atomic mass is 16.5. The lowest BCUT2D eigenvalue weighted by molar-refractivity contribution is 0.0916. The van der Waals surface area contributed by atoms with E-state index >= 15 is 0 Å². The van der Waals surface area contributed by atoms with Crippen LogP contribution in [0.15, 0.2) is 24.3 Å². The maximum atomic E-state index is 6.30. The molecular weight excluding hydrogens is 258 g/mol. The maximum absolute atomic E-state index is 6.30. The normalized spacial score (nSPS) is 27.3. The average molecular weight is 289 g/mol. The summed E-state index contributed by atoms with van der Waals surface area (Å²) in [5, 5.41) is 3.59. The monoisotopic (exact) mass is 289 g/mol. The van der Waals surface area contributed by atoms with Crippen molar-refractivity contribution in [1.82, 2.24) is 5.32 Å². The van der Waals surface area contributed by atoms with Crippen LogP contribution in [0.5, 0.6) is 5.75 Å². The summed E-state index contributed by atoms with van der Waals surface area (Å²) < 4.78 is 6.30. The van der Waals surface area contributed by atoms with E-state index in [-0.39, 0.29) is 0 Å². The molecule has 0 saturated heterocycles. The van der Waals surface area contributed by atoms with Gasteiger partial charge in [0, 0.05) is 6.04 Å². The van der Waals surface area contributed by atoms with E-state index in [1.165, 1.54) is 24.8 Å². The second-order valence-electron chi connectivity index (χ2n) is 6.62. The number of ether oxygens (including phenoxy) is 1. The maximum Gasteiger partial charge on any atom is 0.119 e. The van der Waals surface area contributed by atoms with Crippen molar-refractivity contribution in [2.24, 2.45) is 5.92 Å². The summed E-state index contributed by atoms with van der Waals surface area (Å²) in [6, 6.07) is 9.23. The molecule has 2 nitrogen and oxygen atoms in total. The number of rotatable bonds is 6. The Morgan fingerprint density at radius 1 is 1.19 bits per heavy atom. The Balaban J connectivity index is 2.01. The third-order valence-electron chi connectivity index (χ3n) is 4.87. The summed E-state index contributed by atoms with van der Waals surface area (Å²) in [7, 11) is 0. The molecule has 1 aromatic rings. The van der Waals surface area contributed by atoms with Gasteiger partial charge in [-0.1, -0.05) is 39.8 Å². The zero-order valence-corrected chi connectivity index (χ0v) is 14.1. The molecule has 1 aliphatic carbocycles. The van der Waals surface area contributed by atoms with Gasteiger partial charge in [-0.2, -0.15) is 0 Å². The van der Waals surface area contributed by atoms with Crippen LogP contribution >= 0.6 is 0 Å². The van der Waals surface area contributed by atoms with Crippen molar-refractivity contribution in [3.05, 3.63) is 29.8 Å². The summed E-state index contributed by atoms with van der Waals surface area (Å²) in [5.74, 6) is 2.41. The molecule has 2 heteroatoms. The van der Waals surface area contributed by atoms with E-state index in [1.54, 1.807) is 0 Å². The van der Waals surface area contributed by atoms with Gasteiger partial charge >= 0.3 is 0 Å². The molecule has 4 unspecified atom stereocenters. The van der Waals surface area contributed by atoms with Crippen LogP contribution < -0.4 is 10.1 Å². The number of nitrogens with one attached hydrogen (secondary N) is 1. The third kappa shape index (κ3) is 4.47. The lowest BCUT2D eigenvalue weighted by Crippen LogP contribution is -2.46. The zero-order chi connectivity index (χ0) is 15.2. The molecule has 0 aliphatic heterocycles. The molecule has 21 heavy (non-hydrogen) atoms. The fraction of sp³-hybridized carbons (Fsp3) is 0.684. The Hall–Kier alpha value is -1.02. The van der Waals surface area contributed by atoms with E-state index in [2.05, 4.69) is 57.3 Å². The molecule has 4 atom stereocenters. The third-order valence-corrected chi connectivity index (χ3v) is 4.87. The van der Waals surface area contributed by atoms with E-state index in [0.717, 1.165) is 24.6 Å². The molecule has 1 N–H and O–H groups in total. The Morgan fingerprint density at radius 2 is 1.90 bits per heavy atom. The Kier molecular flexibility index (Phi) is 6.10. The fourth-order valence-corrected chi connectivity index (χ4v) is 3.24. The first-order valence-electron chi connectivity index (χ1n) is 8.64. The first-order chi connectivity index (χ1) is 10.1. The van der Waals surface area contributed by atoms with E-state index in [0.29, 0.717) is 18.1 Å². The van der Waals surface area contributed by atoms with Gasteiger partial charge in [-0.25, -0.2) is 0 Å². The van der Waals surface area contributed by atoms with Crippen molar-refractivity contribution in [3.8, 4) is 5.75 Å². The van der Waals surface area contributed by atoms with Gasteiger partial charge in [0.15, 0.2) is 0 Å². The van der Waals surface area contributed by atoms with Crippen molar-refractivity contribution in [1.29, 1.82) is 0 Å². The van der Waals surface area contributed by atoms with Crippen molar-refractivity contribution in [2.75, 3.05) is 6.54 Å². The van der Waals surface area contributed by atoms with Crippen molar-refractivity contribution in [3.63, 3.8) is 0 Å². The summed E-state index contributed by atoms with van der Waals surface area (Å²) in [5.41, 5.74) is 1.41. The molecule has 0 amide bonds. The van der Waals surface area contributed by atoms with E-state index in [4.69, 9.17) is 4.74 Å². The van der Waals surface area contributed by atoms with Crippen LogP contribution in [0.3, 0.4) is 0 Å². The minimum absolute atomic E-state index is 0.308. The first-order valence-corrected chi connectivity index (χ1v) is 8.64. The number of hydrogen-bond acceptors (Lipinski definition) is 2. The molecule has 0 radical (unpaired) electrons. The Labute approximate surface area is 130 Å². The smallest absolute Gasteiger partial charge is 0.119 e. The van der Waals surface area contributed by atoms with E-state index in [1.807, 2.05) is 0 Å². The number of hydrogen-bond donors (Lipinski definition) is 1. The largest absolute Gasteiger partial charge is 0.489 e. The highest BCUT2D eigenvalue weighted by Crippen LogP contribution is 2.29. The second kappa shape index (κ2) is 7.84. The lowest BCUT2D eigenvalue weighted by atomic mass is 9.85. The molecule has 1 aliphatic rings. The summed E-state index contributed by atoms with van der Waals surface area (Å²) in [6.45, 7) is 10.0. The van der Waals surface area contributed by atoms with Crippen molar-refractivity contribution in [2.45, 2.75) is 71.4 Å². The minimum Gasteiger partial charge on any atom is -0.489 e. The quantitative estimate of drug-likeness (QED) is 0.816. The molecule has 1 aromatic carbocycles. The molecule has 0 spiro atoms. The molecule has 1 saturated carbocycles. The van der Waals surface area contributed by atoms with E-state index < -0.39 is 0 Å². The molecular formula is C19H31NO. The van der Waals surface area contributed by atoms with Crippen LogP contribution in [-0.4, -0.2) is 18.7 Å². The van der Waals surface area contributed by atoms with Crippen LogP contribution in [0.2, 0.25) is 0 Å². The van der Waals surface area contributed by atoms with Gasteiger partial charge in [0.25, 0.3) is 0 Å². The van der Waals surface area contributed by atoms with Gasteiger partial charge in [0.1, 0.15) is 11.9 Å². The molecule has 0 heterocycles. The molecule has 118 valence electrons. The van der Waals surface area contributed by atoms with Crippen LogP contribution in [0.4, 0.5) is 0 Å². The zero-order valence-electron chi connectivity index (χ0n) is 14.1. The summed E-state index contributed by atoms with van der Waals surface area (Å²) in [6.07, 6.45) is 5.19. The number of likely N-dealkylation sites (N-methyl/N-ethyl adjacent to an activating group) is 1. The van der Waals surface area contributed by atoms with Crippen LogP contribution in [-0.2, 0) is 0 Å². The minimum atomic E-state index is 0.308. The van der Waals surface area contributed by atoms with Crippen molar-refractivity contribution >= 4 is 0 Å². The predicted molar refractivity (Wildman–Crippen MR) is 90.0 cm³/mol. The average Bonchev–Trinajstić information content (AvgIpc) is 2.50. The van der Waals surface area contributed by atoms with Gasteiger partial charge in [0.05, 0.1) is 0 Å². The van der Waals surface area contributed by atoms with Crippen molar-refractivity contribution < 1.29 is 4.74 Å². The topological polar surface area (TPSA) is 21.3 Å². The molecule has 0 aromatic heterocycles. The van der Waals surface area contributed by atoms with Gasteiger partial charge in [0.2, 0.25) is 0 Å². The van der Waals surface area contributed by atoms with E-state index in [9.17, 15) is 0 Å². The van der Waals surface area contributed by atoms with Gasteiger partial charge < -0.3 is 10.1 Å². The predicted octanol–water partition coefficient (Wildman–Crippen LogP) is 4.75. The highest BCUT2D eigenvalue weighted by molar-refractivity contribution is 5.29. The van der Waals surface area contributed by atoms with Gasteiger partial charge in [-0.15, -0.1) is 0 Å². The SMILES string of the molecule is CCNC1CCC(C)CC1Oc1ccc(C(C)CC)cc1. The van der Waals surface area contributed by atoms with Crippen LogP contribution in [0.1, 0.15) is 64.9 Å². The second-order valence-corrected chi connectivity index (χ2v) is 6.62. The summed E-state index contributed by atoms with van der Waals surface area (Å²) >= 11 is 0.